The first-order chi connectivity index (χ1) is 8.54. The Bertz CT molecular complexity index is 509. The summed E-state index contributed by atoms with van der Waals surface area (Å²) in [4.78, 5) is 14.5. The lowest BCUT2D eigenvalue weighted by Crippen LogP contribution is -2.06. The molecule has 1 aromatic carbocycles. The van der Waals surface area contributed by atoms with E-state index in [2.05, 4.69) is 31.0 Å². The third kappa shape index (κ3) is 2.06. The standard InChI is InChI=1S/C15H19NO2/c1-10(2)13-8-12(7-11(3)14(13)18-4)15(5-6-15)16-9-17/h7-8,10H,5-6H2,1-4H3. The van der Waals surface area contributed by atoms with E-state index < -0.39 is 0 Å². The minimum Gasteiger partial charge on any atom is -0.496 e. The molecule has 0 aliphatic heterocycles. The number of carbonyl (C=O) groups excluding carboxylic acids is 1. The van der Waals surface area contributed by atoms with Crippen LogP contribution in [0.3, 0.4) is 0 Å². The monoisotopic (exact) mass is 245 g/mol. The molecule has 18 heavy (non-hydrogen) atoms. The number of aliphatic imine (C=N–C) groups is 1. The first-order valence-electron chi connectivity index (χ1n) is 6.32. The molecule has 0 spiro atoms. The highest BCUT2D eigenvalue weighted by Crippen LogP contribution is 2.50. The molecule has 1 aliphatic carbocycles. The van der Waals surface area contributed by atoms with Gasteiger partial charge in [0, 0.05) is 0 Å². The molecule has 0 amide bonds. The van der Waals surface area contributed by atoms with E-state index in [1.54, 1.807) is 13.2 Å². The molecular weight excluding hydrogens is 226 g/mol. The predicted octanol–water partition coefficient (Wildman–Crippen LogP) is 3.45. The van der Waals surface area contributed by atoms with Gasteiger partial charge in [0.25, 0.3) is 0 Å². The van der Waals surface area contributed by atoms with Gasteiger partial charge < -0.3 is 4.74 Å². The Kier molecular flexibility index (Phi) is 3.27. The van der Waals surface area contributed by atoms with E-state index in [1.807, 2.05) is 6.92 Å². The van der Waals surface area contributed by atoms with Gasteiger partial charge in [-0.05, 0) is 54.5 Å². The summed E-state index contributed by atoms with van der Waals surface area (Å²) in [7, 11) is 1.70. The Labute approximate surface area is 108 Å². The smallest absolute Gasteiger partial charge is 0.235 e. The van der Waals surface area contributed by atoms with E-state index in [-0.39, 0.29) is 5.54 Å². The minimum absolute atomic E-state index is 0.303. The van der Waals surface area contributed by atoms with Crippen LogP contribution in [0.4, 0.5) is 0 Å². The molecule has 0 N–H and O–H groups in total. The number of rotatable bonds is 4. The van der Waals surface area contributed by atoms with E-state index in [0.29, 0.717) is 5.92 Å². The lowest BCUT2D eigenvalue weighted by Gasteiger charge is -2.18. The molecule has 0 bridgehead atoms. The van der Waals surface area contributed by atoms with Gasteiger partial charge in [0.05, 0.1) is 12.6 Å². The van der Waals surface area contributed by atoms with Crippen molar-refractivity contribution >= 4 is 6.08 Å². The molecule has 0 heterocycles. The summed E-state index contributed by atoms with van der Waals surface area (Å²) < 4.78 is 5.48. The second-order valence-electron chi connectivity index (χ2n) is 5.30. The molecule has 96 valence electrons. The maximum atomic E-state index is 10.5. The van der Waals surface area contributed by atoms with Crippen LogP contribution in [0.5, 0.6) is 5.75 Å². The van der Waals surface area contributed by atoms with Crippen LogP contribution in [0.2, 0.25) is 0 Å². The van der Waals surface area contributed by atoms with E-state index in [1.165, 1.54) is 5.56 Å². The van der Waals surface area contributed by atoms with Crippen molar-refractivity contribution < 1.29 is 9.53 Å². The first kappa shape index (κ1) is 12.8. The second-order valence-corrected chi connectivity index (χ2v) is 5.30. The summed E-state index contributed by atoms with van der Waals surface area (Å²) in [5.74, 6) is 1.33. The lowest BCUT2D eigenvalue weighted by molar-refractivity contribution is 0.404. The summed E-state index contributed by atoms with van der Waals surface area (Å²) >= 11 is 0. The summed E-state index contributed by atoms with van der Waals surface area (Å²) in [5, 5.41) is 0. The third-order valence-electron chi connectivity index (χ3n) is 3.65. The largest absolute Gasteiger partial charge is 0.496 e. The predicted molar refractivity (Wildman–Crippen MR) is 70.9 cm³/mol. The molecular formula is C15H19NO2. The highest BCUT2D eigenvalue weighted by Gasteiger charge is 2.45. The maximum Gasteiger partial charge on any atom is 0.235 e. The minimum atomic E-state index is -0.303. The lowest BCUT2D eigenvalue weighted by atomic mass is 9.93. The topological polar surface area (TPSA) is 38.7 Å². The van der Waals surface area contributed by atoms with E-state index in [0.717, 1.165) is 29.7 Å². The van der Waals surface area contributed by atoms with Gasteiger partial charge in [0.15, 0.2) is 0 Å². The summed E-state index contributed by atoms with van der Waals surface area (Å²) in [6.45, 7) is 6.32. The molecule has 2 rings (SSSR count). The summed E-state index contributed by atoms with van der Waals surface area (Å²) in [5.41, 5.74) is 3.10. The van der Waals surface area contributed by atoms with Gasteiger partial charge in [-0.2, -0.15) is 4.99 Å². The Morgan fingerprint density at radius 1 is 1.39 bits per heavy atom. The van der Waals surface area contributed by atoms with Crippen molar-refractivity contribution in [3.63, 3.8) is 0 Å². The number of methoxy groups -OCH3 is 1. The molecule has 1 aromatic rings. The number of hydrogen-bond donors (Lipinski definition) is 0. The fraction of sp³-hybridized carbons (Fsp3) is 0.533. The number of isocyanates is 1. The van der Waals surface area contributed by atoms with E-state index in [9.17, 15) is 4.79 Å². The van der Waals surface area contributed by atoms with Gasteiger partial charge in [0.2, 0.25) is 6.08 Å². The zero-order chi connectivity index (χ0) is 13.3. The zero-order valence-electron chi connectivity index (χ0n) is 11.4. The average molecular weight is 245 g/mol. The summed E-state index contributed by atoms with van der Waals surface area (Å²) in [6, 6.07) is 4.21. The number of aryl methyl sites for hydroxylation is 1. The number of nitrogens with zero attached hydrogens (tertiary/aromatic N) is 1. The van der Waals surface area contributed by atoms with Gasteiger partial charge in [-0.3, -0.25) is 0 Å². The molecule has 0 saturated heterocycles. The first-order valence-corrected chi connectivity index (χ1v) is 6.32. The van der Waals surface area contributed by atoms with Gasteiger partial charge in [-0.25, -0.2) is 4.79 Å². The van der Waals surface area contributed by atoms with Crippen molar-refractivity contribution in [3.8, 4) is 5.75 Å². The van der Waals surface area contributed by atoms with Gasteiger partial charge >= 0.3 is 0 Å². The Morgan fingerprint density at radius 2 is 2.06 bits per heavy atom. The van der Waals surface area contributed by atoms with Gasteiger partial charge in [0.1, 0.15) is 5.75 Å². The van der Waals surface area contributed by atoms with Crippen LogP contribution in [0.25, 0.3) is 0 Å². The molecule has 1 saturated carbocycles. The number of ether oxygens (including phenoxy) is 1. The molecule has 0 radical (unpaired) electrons. The highest BCUT2D eigenvalue weighted by atomic mass is 16.5. The maximum absolute atomic E-state index is 10.5. The second kappa shape index (κ2) is 4.58. The molecule has 3 nitrogen and oxygen atoms in total. The third-order valence-corrected chi connectivity index (χ3v) is 3.65. The Hall–Kier alpha value is -1.60. The van der Waals surface area contributed by atoms with Crippen LogP contribution in [0.1, 0.15) is 49.3 Å². The molecule has 0 atom stereocenters. The van der Waals surface area contributed by atoms with Crippen LogP contribution in [0, 0.1) is 6.92 Å². The Balaban J connectivity index is 2.55. The van der Waals surface area contributed by atoms with E-state index >= 15 is 0 Å². The normalized spacial score (nSPS) is 16.3. The van der Waals surface area contributed by atoms with Crippen LogP contribution in [-0.2, 0) is 10.3 Å². The summed E-state index contributed by atoms with van der Waals surface area (Å²) in [6.07, 6.45) is 3.58. The SMILES string of the molecule is COc1c(C)cc(C2(N=C=O)CC2)cc1C(C)C. The van der Waals surface area contributed by atoms with Gasteiger partial charge in [-0.15, -0.1) is 0 Å². The zero-order valence-corrected chi connectivity index (χ0v) is 11.4. The molecule has 1 aliphatic rings. The van der Waals surface area contributed by atoms with Crippen molar-refractivity contribution in [2.24, 2.45) is 4.99 Å². The fourth-order valence-electron chi connectivity index (χ4n) is 2.45. The average Bonchev–Trinajstić information content (AvgIpc) is 3.09. The number of hydrogen-bond acceptors (Lipinski definition) is 3. The molecule has 1 fully saturated rings. The molecule has 3 heteroatoms. The quantitative estimate of drug-likeness (QED) is 0.602. The van der Waals surface area contributed by atoms with E-state index in [4.69, 9.17) is 4.74 Å². The van der Waals surface area contributed by atoms with Crippen molar-refractivity contribution in [2.75, 3.05) is 7.11 Å². The van der Waals surface area contributed by atoms with Crippen LogP contribution >= 0.6 is 0 Å². The van der Waals surface area contributed by atoms with Crippen molar-refractivity contribution in [1.29, 1.82) is 0 Å². The van der Waals surface area contributed by atoms with Crippen molar-refractivity contribution in [2.45, 2.75) is 45.1 Å². The van der Waals surface area contributed by atoms with Crippen LogP contribution in [0.15, 0.2) is 17.1 Å². The Morgan fingerprint density at radius 3 is 2.50 bits per heavy atom. The molecule has 0 unspecified atom stereocenters. The van der Waals surface area contributed by atoms with Crippen molar-refractivity contribution in [1.82, 2.24) is 0 Å². The van der Waals surface area contributed by atoms with Gasteiger partial charge in [-0.1, -0.05) is 13.8 Å². The molecule has 0 aromatic heterocycles. The number of benzene rings is 1. The van der Waals surface area contributed by atoms with Crippen LogP contribution < -0.4 is 4.74 Å². The van der Waals surface area contributed by atoms with Crippen LogP contribution in [-0.4, -0.2) is 13.2 Å². The fourth-order valence-corrected chi connectivity index (χ4v) is 2.45. The van der Waals surface area contributed by atoms with Crippen molar-refractivity contribution in [3.05, 3.63) is 28.8 Å². The highest BCUT2D eigenvalue weighted by molar-refractivity contribution is 5.50.